The molecule has 0 aliphatic rings. The zero-order valence-electron chi connectivity index (χ0n) is 19.3. The van der Waals surface area contributed by atoms with Gasteiger partial charge in [0, 0.05) is 12.1 Å². The van der Waals surface area contributed by atoms with Crippen molar-refractivity contribution < 1.29 is 18.5 Å². The summed E-state index contributed by atoms with van der Waals surface area (Å²) in [5, 5.41) is 10.3. The van der Waals surface area contributed by atoms with Gasteiger partial charge in [0.15, 0.2) is 0 Å². The maximum atomic E-state index is 13.4. The predicted octanol–water partition coefficient (Wildman–Crippen LogP) is 5.05. The van der Waals surface area contributed by atoms with E-state index in [9.17, 15) is 9.59 Å². The van der Waals surface area contributed by atoms with Crippen LogP contribution in [-0.4, -0.2) is 28.5 Å². The van der Waals surface area contributed by atoms with Gasteiger partial charge in [-0.1, -0.05) is 31.1 Å². The normalized spacial score (nSPS) is 11.2. The van der Waals surface area contributed by atoms with Gasteiger partial charge in [-0.3, -0.25) is 9.59 Å². The van der Waals surface area contributed by atoms with Crippen LogP contribution in [0.4, 0.5) is 5.69 Å². The van der Waals surface area contributed by atoms with Crippen molar-refractivity contribution in [3.63, 3.8) is 0 Å². The van der Waals surface area contributed by atoms with Crippen molar-refractivity contribution in [3.8, 4) is 11.3 Å². The first-order valence-electron chi connectivity index (χ1n) is 10.8. The van der Waals surface area contributed by atoms with E-state index in [1.165, 1.54) is 0 Å². The maximum absolute atomic E-state index is 13.4. The Morgan fingerprint density at radius 3 is 2.48 bits per heavy atom. The highest BCUT2D eigenvalue weighted by Gasteiger charge is 2.22. The van der Waals surface area contributed by atoms with E-state index in [0.29, 0.717) is 51.8 Å². The first-order chi connectivity index (χ1) is 15.7. The van der Waals surface area contributed by atoms with Gasteiger partial charge < -0.3 is 19.6 Å². The number of nitrogens with one attached hydrogen (secondary N) is 2. The van der Waals surface area contributed by atoms with Gasteiger partial charge in [0.25, 0.3) is 17.5 Å². The summed E-state index contributed by atoms with van der Waals surface area (Å²) in [6.45, 7) is 10.0. The third-order valence-corrected chi connectivity index (χ3v) is 5.27. The minimum Gasteiger partial charge on any atom is -0.466 e. The molecule has 3 aromatic heterocycles. The number of fused-ring (bicyclic) bond motifs is 1. The number of carbonyl (C=O) groups excluding carboxylic acids is 2. The summed E-state index contributed by atoms with van der Waals surface area (Å²) in [6.07, 6.45) is 0. The molecule has 0 saturated carbocycles. The topological polar surface area (TPSA) is 110 Å². The van der Waals surface area contributed by atoms with Crippen molar-refractivity contribution in [2.75, 3.05) is 11.9 Å². The van der Waals surface area contributed by atoms with Gasteiger partial charge in [-0.2, -0.15) is 0 Å². The predicted molar refractivity (Wildman–Crippen MR) is 125 cm³/mol. The number of amides is 2. The maximum Gasteiger partial charge on any atom is 0.259 e. The third kappa shape index (κ3) is 4.50. The largest absolute Gasteiger partial charge is 0.466 e. The number of furan rings is 1. The standard InChI is InChI=1S/C25H26N4O4/c1-13(2)12-26-23(30)17-8-6-7-9-20(17)27-24(31)19-11-21(18-10-14(3)32-16(18)5)28-25-22(19)15(4)29-33-25/h6-11,13H,12H2,1-5H3,(H,26,30)(H,27,31). The molecule has 170 valence electrons. The van der Waals surface area contributed by atoms with E-state index in [4.69, 9.17) is 8.94 Å². The van der Waals surface area contributed by atoms with Crippen LogP contribution in [-0.2, 0) is 0 Å². The molecule has 8 nitrogen and oxygen atoms in total. The summed E-state index contributed by atoms with van der Waals surface area (Å²) in [7, 11) is 0. The van der Waals surface area contributed by atoms with Crippen molar-refractivity contribution in [2.45, 2.75) is 34.6 Å². The smallest absolute Gasteiger partial charge is 0.259 e. The highest BCUT2D eigenvalue weighted by Crippen LogP contribution is 2.31. The number of anilines is 1. The quantitative estimate of drug-likeness (QED) is 0.429. The summed E-state index contributed by atoms with van der Waals surface area (Å²) in [4.78, 5) is 30.7. The lowest BCUT2D eigenvalue weighted by atomic mass is 10.0. The van der Waals surface area contributed by atoms with Gasteiger partial charge in [0.1, 0.15) is 11.5 Å². The molecule has 0 fully saturated rings. The number of carbonyl (C=O) groups is 2. The molecule has 0 aliphatic heterocycles. The number of hydrogen-bond acceptors (Lipinski definition) is 6. The summed E-state index contributed by atoms with van der Waals surface area (Å²) < 4.78 is 11.0. The molecule has 1 aromatic carbocycles. The van der Waals surface area contributed by atoms with Crippen LogP contribution in [0.3, 0.4) is 0 Å². The molecule has 0 bridgehead atoms. The second-order valence-electron chi connectivity index (χ2n) is 8.43. The Balaban J connectivity index is 1.73. The lowest BCUT2D eigenvalue weighted by Crippen LogP contribution is -2.28. The van der Waals surface area contributed by atoms with Crippen molar-refractivity contribution in [2.24, 2.45) is 5.92 Å². The molecular formula is C25H26N4O4. The van der Waals surface area contributed by atoms with Crippen LogP contribution in [0.2, 0.25) is 0 Å². The molecule has 2 amide bonds. The lowest BCUT2D eigenvalue weighted by Gasteiger charge is -2.13. The Kier molecular flexibility index (Phi) is 6.00. The highest BCUT2D eigenvalue weighted by molar-refractivity contribution is 6.15. The average molecular weight is 447 g/mol. The summed E-state index contributed by atoms with van der Waals surface area (Å²) in [5.74, 6) is 1.10. The first-order valence-corrected chi connectivity index (χ1v) is 10.8. The summed E-state index contributed by atoms with van der Waals surface area (Å²) in [5.41, 5.74) is 3.28. The number of hydrogen-bond donors (Lipinski definition) is 2. The average Bonchev–Trinajstić information content (AvgIpc) is 3.32. The van der Waals surface area contributed by atoms with Gasteiger partial charge in [-0.25, -0.2) is 4.98 Å². The Hall–Kier alpha value is -3.94. The highest BCUT2D eigenvalue weighted by atomic mass is 16.5. The van der Waals surface area contributed by atoms with Crippen LogP contribution in [0.25, 0.3) is 22.4 Å². The Morgan fingerprint density at radius 2 is 1.79 bits per heavy atom. The number of nitrogens with zero attached hydrogens (tertiary/aromatic N) is 2. The van der Waals surface area contributed by atoms with Crippen molar-refractivity contribution in [1.29, 1.82) is 0 Å². The van der Waals surface area contributed by atoms with Crippen LogP contribution in [0.5, 0.6) is 0 Å². The van der Waals surface area contributed by atoms with E-state index in [1.807, 2.05) is 33.8 Å². The number of benzene rings is 1. The van der Waals surface area contributed by atoms with Crippen LogP contribution >= 0.6 is 0 Å². The minimum absolute atomic E-state index is 0.245. The van der Waals surface area contributed by atoms with Gasteiger partial charge in [0.05, 0.1) is 33.6 Å². The fourth-order valence-electron chi connectivity index (χ4n) is 3.67. The molecule has 2 N–H and O–H groups in total. The Morgan fingerprint density at radius 1 is 1.03 bits per heavy atom. The Labute approximate surface area is 191 Å². The van der Waals surface area contributed by atoms with Gasteiger partial charge in [-0.15, -0.1) is 0 Å². The van der Waals surface area contributed by atoms with Gasteiger partial charge in [0.2, 0.25) is 0 Å². The van der Waals surface area contributed by atoms with Crippen molar-refractivity contribution in [3.05, 3.63) is 64.7 Å². The van der Waals surface area contributed by atoms with Crippen LogP contribution < -0.4 is 10.6 Å². The van der Waals surface area contributed by atoms with Crippen molar-refractivity contribution in [1.82, 2.24) is 15.5 Å². The molecule has 4 rings (SSSR count). The number of rotatable bonds is 6. The molecule has 0 spiro atoms. The molecule has 3 heterocycles. The Bertz CT molecular complexity index is 1350. The lowest BCUT2D eigenvalue weighted by molar-refractivity contribution is 0.0950. The number of pyridine rings is 1. The molecule has 33 heavy (non-hydrogen) atoms. The monoisotopic (exact) mass is 446 g/mol. The van der Waals surface area contributed by atoms with Crippen LogP contribution in [0, 0.1) is 26.7 Å². The first kappa shape index (κ1) is 22.3. The third-order valence-electron chi connectivity index (χ3n) is 5.27. The molecular weight excluding hydrogens is 420 g/mol. The zero-order chi connectivity index (χ0) is 23.7. The molecule has 0 aliphatic carbocycles. The van der Waals surface area contributed by atoms with E-state index >= 15 is 0 Å². The number of aromatic nitrogens is 2. The molecule has 0 atom stereocenters. The number of para-hydroxylation sites is 1. The fourth-order valence-corrected chi connectivity index (χ4v) is 3.67. The zero-order valence-corrected chi connectivity index (χ0v) is 19.3. The minimum atomic E-state index is -0.392. The van der Waals surface area contributed by atoms with E-state index in [1.54, 1.807) is 37.3 Å². The molecule has 0 radical (unpaired) electrons. The molecule has 4 aromatic rings. The van der Waals surface area contributed by atoms with Crippen molar-refractivity contribution >= 4 is 28.6 Å². The number of aryl methyl sites for hydroxylation is 3. The van der Waals surface area contributed by atoms with Gasteiger partial charge in [-0.05, 0) is 51.0 Å². The van der Waals surface area contributed by atoms with E-state index in [-0.39, 0.29) is 11.6 Å². The SMILES string of the molecule is Cc1cc(-c2cc(C(=O)Nc3ccccc3C(=O)NCC(C)C)c3c(C)noc3n2)c(C)o1. The summed E-state index contributed by atoms with van der Waals surface area (Å²) in [6, 6.07) is 10.5. The second-order valence-corrected chi connectivity index (χ2v) is 8.43. The van der Waals surface area contributed by atoms with E-state index < -0.39 is 5.91 Å². The molecule has 0 saturated heterocycles. The van der Waals surface area contributed by atoms with Crippen LogP contribution in [0.15, 0.2) is 45.3 Å². The second kappa shape index (κ2) is 8.90. The van der Waals surface area contributed by atoms with Gasteiger partial charge >= 0.3 is 0 Å². The molecule has 8 heteroatoms. The van der Waals surface area contributed by atoms with Crippen LogP contribution in [0.1, 0.15) is 51.8 Å². The summed E-state index contributed by atoms with van der Waals surface area (Å²) >= 11 is 0. The molecule has 0 unspecified atom stereocenters. The fraction of sp³-hybridized carbons (Fsp3) is 0.280. The van der Waals surface area contributed by atoms with E-state index in [0.717, 1.165) is 11.3 Å². The van der Waals surface area contributed by atoms with E-state index in [2.05, 4.69) is 20.8 Å².